The minimum atomic E-state index is -0.0228. The van der Waals surface area contributed by atoms with Crippen LogP contribution in [0.2, 0.25) is 0 Å². The molecule has 0 N–H and O–H groups in total. The highest BCUT2D eigenvalue weighted by Gasteiger charge is 2.26. The van der Waals surface area contributed by atoms with Gasteiger partial charge >= 0.3 is 5.69 Å². The number of pyridine rings is 1. The molecule has 0 radical (unpaired) electrons. The molecule has 1 saturated heterocycles. The molecule has 0 unspecified atom stereocenters. The van der Waals surface area contributed by atoms with Crippen molar-refractivity contribution in [2.75, 3.05) is 19.7 Å². The fourth-order valence-electron chi connectivity index (χ4n) is 3.53. The van der Waals surface area contributed by atoms with Crippen LogP contribution in [0.5, 0.6) is 5.88 Å². The molecule has 0 amide bonds. The molecule has 0 bridgehead atoms. The average molecular weight is 345 g/mol. The third-order valence-corrected chi connectivity index (χ3v) is 4.72. The topological polar surface area (TPSA) is 65.2 Å². The van der Waals surface area contributed by atoms with Gasteiger partial charge in [0.1, 0.15) is 5.82 Å². The normalized spacial score (nSPS) is 18.4. The van der Waals surface area contributed by atoms with E-state index < -0.39 is 0 Å². The third-order valence-electron chi connectivity index (χ3n) is 4.72. The quantitative estimate of drug-likeness (QED) is 0.798. The number of aryl methyl sites for hydroxylation is 1. The van der Waals surface area contributed by atoms with Gasteiger partial charge in [0, 0.05) is 44.9 Å². The van der Waals surface area contributed by atoms with E-state index in [0.29, 0.717) is 24.9 Å². The number of hydrogen-bond acceptors (Lipinski definition) is 5. The van der Waals surface area contributed by atoms with E-state index in [9.17, 15) is 4.79 Å². The molecule has 7 heteroatoms. The highest BCUT2D eigenvalue weighted by Crippen LogP contribution is 2.26. The first-order chi connectivity index (χ1) is 12.1. The largest absolute Gasteiger partial charge is 0.478 e. The van der Waals surface area contributed by atoms with Crippen molar-refractivity contribution < 1.29 is 4.74 Å². The molecule has 7 nitrogen and oxygen atoms in total. The van der Waals surface area contributed by atoms with E-state index in [4.69, 9.17) is 4.74 Å². The predicted octanol–water partition coefficient (Wildman–Crippen LogP) is 1.77. The molecule has 2 aromatic heterocycles. The lowest BCUT2D eigenvalue weighted by Crippen LogP contribution is -2.35. The van der Waals surface area contributed by atoms with E-state index in [2.05, 4.69) is 21.0 Å². The molecule has 0 spiro atoms. The summed E-state index contributed by atoms with van der Waals surface area (Å²) in [5.41, 5.74) is 1.16. The van der Waals surface area contributed by atoms with Crippen molar-refractivity contribution >= 4 is 0 Å². The fraction of sp³-hybridized carbons (Fsp3) is 0.611. The number of hydrogen-bond donors (Lipinski definition) is 0. The fourth-order valence-corrected chi connectivity index (χ4v) is 3.53. The highest BCUT2D eigenvalue weighted by atomic mass is 16.5. The summed E-state index contributed by atoms with van der Waals surface area (Å²) < 4.78 is 8.65. The number of aromatic nitrogens is 4. The minimum absolute atomic E-state index is 0.0228. The third kappa shape index (κ3) is 3.92. The van der Waals surface area contributed by atoms with Crippen LogP contribution in [0, 0.1) is 0 Å². The molecule has 136 valence electrons. The Morgan fingerprint density at radius 1 is 1.32 bits per heavy atom. The summed E-state index contributed by atoms with van der Waals surface area (Å²) in [7, 11) is 1.73. The second-order valence-corrected chi connectivity index (χ2v) is 6.52. The van der Waals surface area contributed by atoms with E-state index in [0.717, 1.165) is 38.3 Å². The summed E-state index contributed by atoms with van der Waals surface area (Å²) in [6.07, 6.45) is 4.08. The first kappa shape index (κ1) is 17.7. The highest BCUT2D eigenvalue weighted by molar-refractivity contribution is 5.18. The van der Waals surface area contributed by atoms with Crippen molar-refractivity contribution in [3.8, 4) is 5.88 Å². The standard InChI is InChI=1S/C18H27N5O2/c1-4-23-17(20-21(3)18(23)24)15-7-6-10-22(13-15)12-14-8-9-16(19-11-14)25-5-2/h8-9,11,15H,4-7,10,12-13H2,1-3H3/t15-/m1/s1. The molecule has 3 rings (SSSR count). The Morgan fingerprint density at radius 2 is 2.16 bits per heavy atom. The SMILES string of the molecule is CCOc1ccc(CN2CCC[C@@H](c3nn(C)c(=O)n3CC)C2)cn1. The Balaban J connectivity index is 1.69. The number of likely N-dealkylation sites (tertiary alicyclic amines) is 1. The van der Waals surface area contributed by atoms with Crippen LogP contribution in [-0.2, 0) is 20.1 Å². The molecule has 1 atom stereocenters. The molecular formula is C18H27N5O2. The van der Waals surface area contributed by atoms with Crippen molar-refractivity contribution in [3.63, 3.8) is 0 Å². The summed E-state index contributed by atoms with van der Waals surface area (Å²) in [5.74, 6) is 1.89. The van der Waals surface area contributed by atoms with E-state index in [1.165, 1.54) is 10.2 Å². The van der Waals surface area contributed by atoms with Gasteiger partial charge in [-0.25, -0.2) is 14.5 Å². The smallest absolute Gasteiger partial charge is 0.345 e. The summed E-state index contributed by atoms with van der Waals surface area (Å²) in [6.45, 7) is 8.09. The summed E-state index contributed by atoms with van der Waals surface area (Å²) in [4.78, 5) is 18.9. The lowest BCUT2D eigenvalue weighted by molar-refractivity contribution is 0.194. The van der Waals surface area contributed by atoms with Crippen molar-refractivity contribution in [2.45, 2.75) is 45.7 Å². The van der Waals surface area contributed by atoms with Crippen LogP contribution in [0.25, 0.3) is 0 Å². The molecule has 1 aliphatic rings. The van der Waals surface area contributed by atoms with Crippen LogP contribution >= 0.6 is 0 Å². The van der Waals surface area contributed by atoms with Gasteiger partial charge in [-0.05, 0) is 38.8 Å². The number of rotatable bonds is 6. The first-order valence-electron chi connectivity index (χ1n) is 9.06. The number of piperidine rings is 1. The van der Waals surface area contributed by atoms with Crippen molar-refractivity contribution in [1.29, 1.82) is 0 Å². The number of ether oxygens (including phenoxy) is 1. The zero-order valence-electron chi connectivity index (χ0n) is 15.3. The summed E-state index contributed by atoms with van der Waals surface area (Å²) >= 11 is 0. The van der Waals surface area contributed by atoms with E-state index >= 15 is 0 Å². The monoisotopic (exact) mass is 345 g/mol. The number of nitrogens with zero attached hydrogens (tertiary/aromatic N) is 5. The van der Waals surface area contributed by atoms with E-state index in [1.807, 2.05) is 26.1 Å². The van der Waals surface area contributed by atoms with Crippen LogP contribution in [0.1, 0.15) is 44.0 Å². The molecule has 3 heterocycles. The summed E-state index contributed by atoms with van der Waals surface area (Å²) in [6, 6.07) is 4.00. The Hall–Kier alpha value is -2.15. The molecule has 1 aliphatic heterocycles. The Bertz CT molecular complexity index is 750. The van der Waals surface area contributed by atoms with Crippen LogP contribution in [0.15, 0.2) is 23.1 Å². The van der Waals surface area contributed by atoms with Crippen molar-refractivity contribution in [3.05, 3.63) is 40.2 Å². The Labute approximate surface area is 148 Å². The molecule has 0 aliphatic carbocycles. The van der Waals surface area contributed by atoms with Gasteiger partial charge in [0.25, 0.3) is 0 Å². The van der Waals surface area contributed by atoms with E-state index in [-0.39, 0.29) is 5.69 Å². The zero-order chi connectivity index (χ0) is 17.8. The van der Waals surface area contributed by atoms with Gasteiger partial charge in [-0.3, -0.25) is 9.47 Å². The molecule has 25 heavy (non-hydrogen) atoms. The zero-order valence-corrected chi connectivity index (χ0v) is 15.3. The Kier molecular flexibility index (Phi) is 5.53. The minimum Gasteiger partial charge on any atom is -0.478 e. The second-order valence-electron chi connectivity index (χ2n) is 6.52. The maximum absolute atomic E-state index is 12.2. The van der Waals surface area contributed by atoms with Crippen LogP contribution < -0.4 is 10.4 Å². The molecule has 1 fully saturated rings. The average Bonchev–Trinajstić information content (AvgIpc) is 2.92. The second kappa shape index (κ2) is 7.82. The lowest BCUT2D eigenvalue weighted by atomic mass is 9.96. The van der Waals surface area contributed by atoms with Crippen LogP contribution in [0.4, 0.5) is 0 Å². The Morgan fingerprint density at radius 3 is 2.84 bits per heavy atom. The maximum atomic E-state index is 12.2. The van der Waals surface area contributed by atoms with Crippen molar-refractivity contribution in [2.24, 2.45) is 7.05 Å². The van der Waals surface area contributed by atoms with Gasteiger partial charge in [-0.15, -0.1) is 0 Å². The summed E-state index contributed by atoms with van der Waals surface area (Å²) in [5, 5.41) is 4.49. The maximum Gasteiger partial charge on any atom is 0.345 e. The van der Waals surface area contributed by atoms with Gasteiger partial charge in [0.2, 0.25) is 5.88 Å². The lowest BCUT2D eigenvalue weighted by Gasteiger charge is -2.32. The predicted molar refractivity (Wildman–Crippen MR) is 95.8 cm³/mol. The first-order valence-corrected chi connectivity index (χ1v) is 9.06. The van der Waals surface area contributed by atoms with Crippen molar-refractivity contribution in [1.82, 2.24) is 24.2 Å². The van der Waals surface area contributed by atoms with Gasteiger partial charge in [0.15, 0.2) is 0 Å². The van der Waals surface area contributed by atoms with Gasteiger partial charge in [0.05, 0.1) is 6.61 Å². The molecule has 0 saturated carbocycles. The van der Waals surface area contributed by atoms with Crippen LogP contribution in [-0.4, -0.2) is 43.9 Å². The molecular weight excluding hydrogens is 318 g/mol. The van der Waals surface area contributed by atoms with Gasteiger partial charge in [-0.2, -0.15) is 5.10 Å². The van der Waals surface area contributed by atoms with Gasteiger partial charge < -0.3 is 4.74 Å². The van der Waals surface area contributed by atoms with Crippen LogP contribution in [0.3, 0.4) is 0 Å². The molecule has 0 aromatic carbocycles. The van der Waals surface area contributed by atoms with Gasteiger partial charge in [-0.1, -0.05) is 6.07 Å². The van der Waals surface area contributed by atoms with E-state index in [1.54, 1.807) is 11.6 Å². The molecule has 2 aromatic rings.